The van der Waals surface area contributed by atoms with Gasteiger partial charge in [0.25, 0.3) is 0 Å². The molecule has 132 valence electrons. The molecule has 0 bridgehead atoms. The van der Waals surface area contributed by atoms with E-state index in [0.29, 0.717) is 17.3 Å². The lowest BCUT2D eigenvalue weighted by molar-refractivity contribution is -0.645. The van der Waals surface area contributed by atoms with E-state index < -0.39 is 6.10 Å². The van der Waals surface area contributed by atoms with Gasteiger partial charge in [-0.2, -0.15) is 0 Å². The van der Waals surface area contributed by atoms with Crippen molar-refractivity contribution >= 4 is 22.6 Å². The molecule has 0 aliphatic carbocycles. The van der Waals surface area contributed by atoms with Crippen LogP contribution in [-0.2, 0) is 13.6 Å². The van der Waals surface area contributed by atoms with E-state index in [1.165, 1.54) is 11.1 Å². The van der Waals surface area contributed by atoms with Crippen molar-refractivity contribution in [2.24, 2.45) is 7.05 Å². The minimum Gasteiger partial charge on any atom is -0.489 e. The Kier molecular flexibility index (Phi) is 5.02. The van der Waals surface area contributed by atoms with E-state index in [9.17, 15) is 5.11 Å². The number of benzene rings is 2. The number of hydrogen-bond donors (Lipinski definition) is 1. The van der Waals surface area contributed by atoms with Gasteiger partial charge in [-0.25, -0.2) is 9.13 Å². The fourth-order valence-electron chi connectivity index (χ4n) is 2.96. The standard InChI is InChI=1S/C20H24ClN2O2/c1-13-5-6-17(21)20(7-13)25-11-16(24)10-23-12-22(4)18-8-14(2)15(3)9-19(18)23/h5-9,12,16,24H,10-11H2,1-4H3/q+1/t16-/m1/s1. The average Bonchev–Trinajstić information content (AvgIpc) is 2.84. The quantitative estimate of drug-likeness (QED) is 0.708. The van der Waals surface area contributed by atoms with E-state index in [-0.39, 0.29) is 6.61 Å². The van der Waals surface area contributed by atoms with Crippen molar-refractivity contribution in [3.8, 4) is 5.75 Å². The summed E-state index contributed by atoms with van der Waals surface area (Å²) < 4.78 is 9.85. The Bertz CT molecular complexity index is 918. The summed E-state index contributed by atoms with van der Waals surface area (Å²) in [4.78, 5) is 0. The number of imidazole rings is 1. The third-order valence-corrected chi connectivity index (χ3v) is 4.83. The SMILES string of the molecule is Cc1ccc(Cl)c(OC[C@H](O)Cn2c[n+](C)c3cc(C)c(C)cc32)c1. The molecule has 2 aromatic carbocycles. The van der Waals surface area contributed by atoms with Crippen LogP contribution >= 0.6 is 11.6 Å². The highest BCUT2D eigenvalue weighted by Gasteiger charge is 2.18. The lowest BCUT2D eigenvalue weighted by Gasteiger charge is -2.12. The zero-order valence-electron chi connectivity index (χ0n) is 15.1. The van der Waals surface area contributed by atoms with Crippen molar-refractivity contribution in [2.75, 3.05) is 6.61 Å². The lowest BCUT2D eigenvalue weighted by Crippen LogP contribution is -2.27. The minimum absolute atomic E-state index is 0.192. The van der Waals surface area contributed by atoms with Crippen molar-refractivity contribution in [1.82, 2.24) is 4.57 Å². The number of rotatable bonds is 5. The van der Waals surface area contributed by atoms with Gasteiger partial charge in [0.2, 0.25) is 6.33 Å². The predicted octanol–water partition coefficient (Wildman–Crippen LogP) is 3.48. The van der Waals surface area contributed by atoms with E-state index >= 15 is 0 Å². The predicted molar refractivity (Wildman–Crippen MR) is 100 cm³/mol. The molecule has 3 aromatic rings. The first-order chi connectivity index (χ1) is 11.8. The molecule has 3 rings (SSSR count). The summed E-state index contributed by atoms with van der Waals surface area (Å²) in [7, 11) is 2.02. The average molecular weight is 360 g/mol. The Morgan fingerprint density at radius 3 is 2.64 bits per heavy atom. The minimum atomic E-state index is -0.631. The summed E-state index contributed by atoms with van der Waals surface area (Å²) in [5.74, 6) is 0.607. The first kappa shape index (κ1) is 17.8. The van der Waals surface area contributed by atoms with E-state index in [2.05, 4.69) is 35.1 Å². The van der Waals surface area contributed by atoms with Gasteiger partial charge in [0.05, 0.1) is 12.1 Å². The number of hydrogen-bond acceptors (Lipinski definition) is 2. The number of ether oxygens (including phenoxy) is 1. The van der Waals surface area contributed by atoms with Gasteiger partial charge in [-0.15, -0.1) is 0 Å². The van der Waals surface area contributed by atoms with E-state index in [4.69, 9.17) is 16.3 Å². The summed E-state index contributed by atoms with van der Waals surface area (Å²) in [5.41, 5.74) is 5.84. The van der Waals surface area contributed by atoms with Crippen LogP contribution < -0.4 is 9.30 Å². The lowest BCUT2D eigenvalue weighted by atomic mass is 10.1. The number of aliphatic hydroxyl groups excluding tert-OH is 1. The zero-order valence-corrected chi connectivity index (χ0v) is 15.8. The topological polar surface area (TPSA) is 38.3 Å². The van der Waals surface area contributed by atoms with Gasteiger partial charge in [-0.3, -0.25) is 0 Å². The highest BCUT2D eigenvalue weighted by Crippen LogP contribution is 2.25. The van der Waals surface area contributed by atoms with Crippen molar-refractivity contribution in [1.29, 1.82) is 0 Å². The molecule has 0 fully saturated rings. The summed E-state index contributed by atoms with van der Waals surface area (Å²) in [6.45, 7) is 6.85. The maximum Gasteiger partial charge on any atom is 0.244 e. The molecule has 1 heterocycles. The molecule has 1 aromatic heterocycles. The van der Waals surface area contributed by atoms with Gasteiger partial charge in [0.1, 0.15) is 25.0 Å². The Morgan fingerprint density at radius 2 is 1.88 bits per heavy atom. The highest BCUT2D eigenvalue weighted by molar-refractivity contribution is 6.32. The monoisotopic (exact) mass is 359 g/mol. The summed E-state index contributed by atoms with van der Waals surface area (Å²) in [6, 6.07) is 9.96. The van der Waals surface area contributed by atoms with Crippen LogP contribution in [0.25, 0.3) is 11.0 Å². The summed E-state index contributed by atoms with van der Waals surface area (Å²) in [6.07, 6.45) is 1.38. The van der Waals surface area contributed by atoms with E-state index in [0.717, 1.165) is 16.6 Å². The molecule has 1 atom stereocenters. The van der Waals surface area contributed by atoms with Crippen LogP contribution in [-0.4, -0.2) is 22.4 Å². The van der Waals surface area contributed by atoms with Gasteiger partial charge >= 0.3 is 0 Å². The second-order valence-electron chi connectivity index (χ2n) is 6.70. The van der Waals surface area contributed by atoms with Gasteiger partial charge in [-0.05, 0) is 61.7 Å². The molecule has 0 aliphatic rings. The zero-order chi connectivity index (χ0) is 18.1. The molecule has 5 heteroatoms. The Hall–Kier alpha value is -2.04. The van der Waals surface area contributed by atoms with E-state index in [1.807, 2.05) is 38.5 Å². The fraction of sp³-hybridized carbons (Fsp3) is 0.350. The van der Waals surface area contributed by atoms with Crippen LogP contribution in [0.4, 0.5) is 0 Å². The highest BCUT2D eigenvalue weighted by atomic mass is 35.5. The number of fused-ring (bicyclic) bond motifs is 1. The molecule has 0 aliphatic heterocycles. The molecule has 0 amide bonds. The number of aryl methyl sites for hydroxylation is 4. The largest absolute Gasteiger partial charge is 0.489 e. The Balaban J connectivity index is 1.75. The molecule has 0 unspecified atom stereocenters. The molecule has 0 saturated heterocycles. The summed E-state index contributed by atoms with van der Waals surface area (Å²) >= 11 is 6.14. The Labute approximate surface area is 153 Å². The maximum atomic E-state index is 10.4. The number of nitrogens with zero attached hydrogens (tertiary/aromatic N) is 2. The number of aliphatic hydroxyl groups is 1. The van der Waals surface area contributed by atoms with Crippen LogP contribution in [0.1, 0.15) is 16.7 Å². The molecular weight excluding hydrogens is 336 g/mol. The van der Waals surface area contributed by atoms with Crippen molar-refractivity contribution in [3.63, 3.8) is 0 Å². The van der Waals surface area contributed by atoms with Crippen molar-refractivity contribution < 1.29 is 14.4 Å². The van der Waals surface area contributed by atoms with Crippen LogP contribution in [0.5, 0.6) is 5.75 Å². The van der Waals surface area contributed by atoms with Crippen LogP contribution in [0.3, 0.4) is 0 Å². The second kappa shape index (κ2) is 7.06. The third kappa shape index (κ3) is 3.80. The van der Waals surface area contributed by atoms with E-state index in [1.54, 1.807) is 0 Å². The second-order valence-corrected chi connectivity index (χ2v) is 7.11. The third-order valence-electron chi connectivity index (χ3n) is 4.52. The maximum absolute atomic E-state index is 10.4. The normalized spacial score (nSPS) is 12.6. The molecular formula is C20H24ClN2O2+. The van der Waals surface area contributed by atoms with Crippen LogP contribution in [0.15, 0.2) is 36.7 Å². The van der Waals surface area contributed by atoms with Crippen LogP contribution in [0.2, 0.25) is 5.02 Å². The van der Waals surface area contributed by atoms with Crippen molar-refractivity contribution in [3.05, 3.63) is 58.4 Å². The first-order valence-corrected chi connectivity index (χ1v) is 8.75. The smallest absolute Gasteiger partial charge is 0.244 e. The van der Waals surface area contributed by atoms with Gasteiger partial charge in [-0.1, -0.05) is 17.7 Å². The van der Waals surface area contributed by atoms with Crippen molar-refractivity contribution in [2.45, 2.75) is 33.4 Å². The number of halogens is 1. The molecule has 0 saturated carbocycles. The van der Waals surface area contributed by atoms with Gasteiger partial charge in [0, 0.05) is 0 Å². The Morgan fingerprint density at radius 1 is 1.16 bits per heavy atom. The molecule has 25 heavy (non-hydrogen) atoms. The van der Waals surface area contributed by atoms with Gasteiger partial charge in [0.15, 0.2) is 11.0 Å². The molecule has 0 radical (unpaired) electrons. The fourth-order valence-corrected chi connectivity index (χ4v) is 3.14. The number of aromatic nitrogens is 2. The summed E-state index contributed by atoms with van der Waals surface area (Å²) in [5, 5.41) is 11.0. The molecule has 1 N–H and O–H groups in total. The molecule has 4 nitrogen and oxygen atoms in total. The first-order valence-electron chi connectivity index (χ1n) is 8.38. The van der Waals surface area contributed by atoms with Gasteiger partial charge < -0.3 is 9.84 Å². The van der Waals surface area contributed by atoms with Crippen LogP contribution in [0, 0.1) is 20.8 Å². The molecule has 0 spiro atoms.